The van der Waals surface area contributed by atoms with E-state index in [1.54, 1.807) is 6.07 Å². The van der Waals surface area contributed by atoms with Crippen LogP contribution in [-0.4, -0.2) is 55.5 Å². The lowest BCUT2D eigenvalue weighted by atomic mass is 9.97. The predicted octanol–water partition coefficient (Wildman–Crippen LogP) is 1.98. The van der Waals surface area contributed by atoms with Gasteiger partial charge in [0.25, 0.3) is 5.69 Å². The number of aliphatic hydroxyl groups is 1. The second kappa shape index (κ2) is 7.89. The summed E-state index contributed by atoms with van der Waals surface area (Å²) in [7, 11) is -3.70. The molecule has 0 unspecified atom stereocenters. The first-order valence-electron chi connectivity index (χ1n) is 9.08. The number of hydrogen-bond donors (Lipinski definition) is 1. The van der Waals surface area contributed by atoms with Gasteiger partial charge in [0.05, 0.1) is 9.82 Å². The summed E-state index contributed by atoms with van der Waals surface area (Å²) in [5.41, 5.74) is 0.273. The van der Waals surface area contributed by atoms with E-state index in [1.807, 2.05) is 4.90 Å². The number of hydrogen-bond acceptors (Lipinski definition) is 6. The van der Waals surface area contributed by atoms with Gasteiger partial charge in [-0.05, 0) is 43.7 Å². The van der Waals surface area contributed by atoms with Crippen LogP contribution < -0.4 is 4.90 Å². The van der Waals surface area contributed by atoms with E-state index in [0.29, 0.717) is 31.9 Å². The topological polar surface area (TPSA) is 104 Å². The van der Waals surface area contributed by atoms with Gasteiger partial charge >= 0.3 is 0 Å². The molecule has 0 amide bonds. The molecule has 1 aromatic rings. The van der Waals surface area contributed by atoms with Crippen LogP contribution in [0, 0.1) is 16.0 Å². The zero-order valence-corrected chi connectivity index (χ0v) is 15.5. The first kappa shape index (κ1) is 19.1. The summed E-state index contributed by atoms with van der Waals surface area (Å²) in [4.78, 5) is 13.0. The third kappa shape index (κ3) is 3.84. The van der Waals surface area contributed by atoms with Crippen LogP contribution in [0.5, 0.6) is 0 Å². The van der Waals surface area contributed by atoms with Crippen molar-refractivity contribution in [2.24, 2.45) is 5.92 Å². The van der Waals surface area contributed by atoms with Crippen LogP contribution in [0.3, 0.4) is 0 Å². The first-order valence-corrected chi connectivity index (χ1v) is 10.5. The Kier molecular flexibility index (Phi) is 5.79. The Labute approximate surface area is 153 Å². The first-order chi connectivity index (χ1) is 12.4. The van der Waals surface area contributed by atoms with Crippen LogP contribution in [0.1, 0.15) is 32.1 Å². The summed E-state index contributed by atoms with van der Waals surface area (Å²) in [5.74, 6) is 0.226. The standard InChI is InChI=1S/C17H25N3O5S/c21-13-14-6-10-18(11-7-14)16-5-4-15(12-17(16)20(22)23)26(24,25)19-8-2-1-3-9-19/h4-5,12,14,21H,1-3,6-11,13H2. The Morgan fingerprint density at radius 1 is 1.12 bits per heavy atom. The fourth-order valence-electron chi connectivity index (χ4n) is 3.69. The molecule has 0 atom stereocenters. The van der Waals surface area contributed by atoms with Gasteiger partial charge in [0.1, 0.15) is 5.69 Å². The lowest BCUT2D eigenvalue weighted by Gasteiger charge is -2.32. The minimum Gasteiger partial charge on any atom is -0.396 e. The van der Waals surface area contributed by atoms with Gasteiger partial charge in [0, 0.05) is 38.9 Å². The van der Waals surface area contributed by atoms with Crippen LogP contribution in [0.4, 0.5) is 11.4 Å². The van der Waals surface area contributed by atoms with Crippen molar-refractivity contribution in [1.82, 2.24) is 4.31 Å². The number of nitrogens with zero attached hydrogens (tertiary/aromatic N) is 3. The number of rotatable bonds is 5. The summed E-state index contributed by atoms with van der Waals surface area (Å²) < 4.78 is 27.0. The van der Waals surface area contributed by atoms with Crippen molar-refractivity contribution in [3.05, 3.63) is 28.3 Å². The molecule has 0 aromatic heterocycles. The summed E-state index contributed by atoms with van der Waals surface area (Å²) in [6.45, 7) is 2.29. The molecule has 26 heavy (non-hydrogen) atoms. The largest absolute Gasteiger partial charge is 0.396 e. The highest BCUT2D eigenvalue weighted by Gasteiger charge is 2.30. The lowest BCUT2D eigenvalue weighted by Crippen LogP contribution is -2.36. The Balaban J connectivity index is 1.88. The maximum atomic E-state index is 12.8. The molecule has 8 nitrogen and oxygen atoms in total. The molecule has 2 heterocycles. The van der Waals surface area contributed by atoms with Crippen molar-refractivity contribution in [2.75, 3.05) is 37.7 Å². The zero-order chi connectivity index (χ0) is 18.7. The molecule has 2 aliphatic heterocycles. The molecular weight excluding hydrogens is 358 g/mol. The van der Waals surface area contributed by atoms with Gasteiger partial charge in [-0.15, -0.1) is 0 Å². The Morgan fingerprint density at radius 2 is 1.77 bits per heavy atom. The monoisotopic (exact) mass is 383 g/mol. The number of aliphatic hydroxyl groups excluding tert-OH is 1. The van der Waals surface area contributed by atoms with Gasteiger partial charge in [-0.1, -0.05) is 6.42 Å². The zero-order valence-electron chi connectivity index (χ0n) is 14.7. The molecular formula is C17H25N3O5S. The van der Waals surface area contributed by atoms with Crippen molar-refractivity contribution in [1.29, 1.82) is 0 Å². The molecule has 0 bridgehead atoms. The number of piperidine rings is 2. The van der Waals surface area contributed by atoms with E-state index in [0.717, 1.165) is 32.1 Å². The van der Waals surface area contributed by atoms with Gasteiger partial charge in [-0.2, -0.15) is 4.31 Å². The lowest BCUT2D eigenvalue weighted by molar-refractivity contribution is -0.384. The smallest absolute Gasteiger partial charge is 0.293 e. The van der Waals surface area contributed by atoms with Crippen LogP contribution >= 0.6 is 0 Å². The fourth-order valence-corrected chi connectivity index (χ4v) is 5.23. The van der Waals surface area contributed by atoms with Crippen LogP contribution in [0.25, 0.3) is 0 Å². The summed E-state index contributed by atoms with van der Waals surface area (Å²) in [6, 6.07) is 4.22. The third-order valence-corrected chi connectivity index (χ3v) is 7.20. The number of nitro groups is 1. The number of anilines is 1. The molecule has 3 rings (SSSR count). The van der Waals surface area contributed by atoms with Crippen molar-refractivity contribution in [3.63, 3.8) is 0 Å². The van der Waals surface area contributed by atoms with E-state index in [-0.39, 0.29) is 23.1 Å². The van der Waals surface area contributed by atoms with E-state index >= 15 is 0 Å². The van der Waals surface area contributed by atoms with Crippen molar-refractivity contribution >= 4 is 21.4 Å². The Bertz CT molecular complexity index is 754. The highest BCUT2D eigenvalue weighted by atomic mass is 32.2. The van der Waals surface area contributed by atoms with Gasteiger partial charge < -0.3 is 10.0 Å². The number of sulfonamides is 1. The van der Waals surface area contributed by atoms with E-state index in [9.17, 15) is 23.6 Å². The van der Waals surface area contributed by atoms with E-state index in [1.165, 1.54) is 16.4 Å². The molecule has 2 fully saturated rings. The minimum atomic E-state index is -3.70. The Hall–Kier alpha value is -1.71. The number of nitro benzene ring substituents is 1. The van der Waals surface area contributed by atoms with Crippen molar-refractivity contribution in [2.45, 2.75) is 37.0 Å². The highest BCUT2D eigenvalue weighted by Crippen LogP contribution is 2.34. The molecule has 2 aliphatic rings. The molecule has 0 aliphatic carbocycles. The van der Waals surface area contributed by atoms with E-state index < -0.39 is 14.9 Å². The molecule has 2 saturated heterocycles. The molecule has 0 saturated carbocycles. The van der Waals surface area contributed by atoms with Crippen molar-refractivity contribution < 1.29 is 18.4 Å². The Morgan fingerprint density at radius 3 is 2.35 bits per heavy atom. The summed E-state index contributed by atoms with van der Waals surface area (Å²) in [6.07, 6.45) is 4.18. The molecule has 144 valence electrons. The van der Waals surface area contributed by atoms with E-state index in [4.69, 9.17) is 0 Å². The second-order valence-corrected chi connectivity index (χ2v) is 8.92. The van der Waals surface area contributed by atoms with Crippen LogP contribution in [0.15, 0.2) is 23.1 Å². The second-order valence-electron chi connectivity index (χ2n) is 6.99. The highest BCUT2D eigenvalue weighted by molar-refractivity contribution is 7.89. The average molecular weight is 383 g/mol. The van der Waals surface area contributed by atoms with Crippen molar-refractivity contribution in [3.8, 4) is 0 Å². The van der Waals surface area contributed by atoms with Gasteiger partial charge in [-0.25, -0.2) is 8.42 Å². The normalized spacial score (nSPS) is 20.3. The summed E-state index contributed by atoms with van der Waals surface area (Å²) in [5, 5.41) is 20.8. The van der Waals surface area contributed by atoms with Gasteiger partial charge in [0.2, 0.25) is 10.0 Å². The molecule has 0 spiro atoms. The predicted molar refractivity (Wildman–Crippen MR) is 97.7 cm³/mol. The summed E-state index contributed by atoms with van der Waals surface area (Å²) >= 11 is 0. The average Bonchev–Trinajstić information content (AvgIpc) is 2.68. The minimum absolute atomic E-state index is 0.0138. The van der Waals surface area contributed by atoms with Crippen LogP contribution in [0.2, 0.25) is 0 Å². The molecule has 1 aromatic carbocycles. The quantitative estimate of drug-likeness (QED) is 0.616. The maximum absolute atomic E-state index is 12.8. The third-order valence-electron chi connectivity index (χ3n) is 5.31. The fraction of sp³-hybridized carbons (Fsp3) is 0.647. The maximum Gasteiger partial charge on any atom is 0.293 e. The molecule has 9 heteroatoms. The SMILES string of the molecule is O=[N+]([O-])c1cc(S(=O)(=O)N2CCCCC2)ccc1N1CCC(CO)CC1. The molecule has 0 radical (unpaired) electrons. The van der Waals surface area contributed by atoms with E-state index in [2.05, 4.69) is 0 Å². The van der Waals surface area contributed by atoms with Crippen LogP contribution in [-0.2, 0) is 10.0 Å². The number of benzene rings is 1. The molecule has 1 N–H and O–H groups in total. The van der Waals surface area contributed by atoms with Gasteiger partial charge in [-0.3, -0.25) is 10.1 Å². The van der Waals surface area contributed by atoms with Gasteiger partial charge in [0.15, 0.2) is 0 Å².